The Labute approximate surface area is 125 Å². The predicted octanol–water partition coefficient (Wildman–Crippen LogP) is 2.05. The number of carbonyl (C=O) groups is 1. The highest BCUT2D eigenvalue weighted by Crippen LogP contribution is 2.16. The fourth-order valence-electron chi connectivity index (χ4n) is 2.37. The lowest BCUT2D eigenvalue weighted by atomic mass is 10.1. The van der Waals surface area contributed by atoms with E-state index in [1.165, 1.54) is 0 Å². The van der Waals surface area contributed by atoms with E-state index in [9.17, 15) is 4.79 Å². The maximum Gasteiger partial charge on any atom is 0.220 e. The average Bonchev–Trinajstić information content (AvgIpc) is 3.10. The van der Waals surface area contributed by atoms with E-state index in [1.54, 1.807) is 12.4 Å². The fraction of sp³-hybridized carbons (Fsp3) is 0.533. The minimum absolute atomic E-state index is 0.00722. The molecule has 114 valence electrons. The van der Waals surface area contributed by atoms with E-state index in [4.69, 9.17) is 0 Å². The fourth-order valence-corrected chi connectivity index (χ4v) is 2.37. The van der Waals surface area contributed by atoms with Crippen LogP contribution in [0.4, 0.5) is 0 Å². The molecule has 0 fully saturated rings. The van der Waals surface area contributed by atoms with E-state index in [1.807, 2.05) is 34.8 Å². The molecule has 0 unspecified atom stereocenters. The van der Waals surface area contributed by atoms with Crippen LogP contribution >= 0.6 is 0 Å². The number of amides is 1. The molecule has 0 bridgehead atoms. The summed E-state index contributed by atoms with van der Waals surface area (Å²) in [4.78, 5) is 16.4. The molecule has 0 saturated heterocycles. The third kappa shape index (κ3) is 4.44. The van der Waals surface area contributed by atoms with Crippen molar-refractivity contribution >= 4 is 5.91 Å². The van der Waals surface area contributed by atoms with Crippen LogP contribution in [-0.2, 0) is 18.4 Å². The zero-order valence-corrected chi connectivity index (χ0v) is 12.7. The zero-order valence-electron chi connectivity index (χ0n) is 12.7. The first-order valence-electron chi connectivity index (χ1n) is 7.44. The van der Waals surface area contributed by atoms with Crippen molar-refractivity contribution in [1.82, 2.24) is 24.6 Å². The number of aryl methyl sites for hydroxylation is 2. The van der Waals surface area contributed by atoms with Crippen LogP contribution in [0.15, 0.2) is 30.9 Å². The van der Waals surface area contributed by atoms with Crippen LogP contribution in [0.25, 0.3) is 0 Å². The molecule has 6 nitrogen and oxygen atoms in total. The molecule has 0 spiro atoms. The lowest BCUT2D eigenvalue weighted by molar-refractivity contribution is -0.122. The first kappa shape index (κ1) is 15.3. The Balaban J connectivity index is 1.82. The Morgan fingerprint density at radius 1 is 1.38 bits per heavy atom. The molecule has 0 aliphatic heterocycles. The Hall–Kier alpha value is -2.11. The first-order valence-corrected chi connectivity index (χ1v) is 7.44. The van der Waals surface area contributed by atoms with Gasteiger partial charge in [-0.3, -0.25) is 9.48 Å². The normalized spacial score (nSPS) is 12.3. The van der Waals surface area contributed by atoms with Gasteiger partial charge in [-0.05, 0) is 18.9 Å². The third-order valence-electron chi connectivity index (χ3n) is 3.43. The summed E-state index contributed by atoms with van der Waals surface area (Å²) in [6.45, 7) is 2.88. The monoisotopic (exact) mass is 289 g/mol. The molecule has 0 aliphatic rings. The van der Waals surface area contributed by atoms with E-state index < -0.39 is 0 Å². The Kier molecular flexibility index (Phi) is 5.54. The summed E-state index contributed by atoms with van der Waals surface area (Å²) < 4.78 is 3.81. The average molecular weight is 289 g/mol. The van der Waals surface area contributed by atoms with Gasteiger partial charge in [0.1, 0.15) is 5.82 Å². The van der Waals surface area contributed by atoms with Crippen molar-refractivity contribution in [2.45, 2.75) is 45.2 Å². The number of hydrogen-bond donors (Lipinski definition) is 1. The number of imidazole rings is 1. The number of nitrogens with zero attached hydrogens (tertiary/aromatic N) is 4. The van der Waals surface area contributed by atoms with Gasteiger partial charge in [0, 0.05) is 44.8 Å². The number of aromatic nitrogens is 4. The van der Waals surface area contributed by atoms with E-state index in [2.05, 4.69) is 22.3 Å². The summed E-state index contributed by atoms with van der Waals surface area (Å²) in [5, 5.41) is 7.22. The van der Waals surface area contributed by atoms with Crippen molar-refractivity contribution in [3.8, 4) is 0 Å². The molecule has 1 N–H and O–H groups in total. The minimum Gasteiger partial charge on any atom is -0.346 e. The van der Waals surface area contributed by atoms with E-state index in [0.717, 1.165) is 31.6 Å². The zero-order chi connectivity index (χ0) is 15.1. The smallest absolute Gasteiger partial charge is 0.220 e. The summed E-state index contributed by atoms with van der Waals surface area (Å²) in [6.07, 6.45) is 10.5. The highest BCUT2D eigenvalue weighted by molar-refractivity contribution is 5.76. The number of nitrogens with one attached hydrogen (secondary N) is 1. The summed E-state index contributed by atoms with van der Waals surface area (Å²) in [5.74, 6) is 0.987. The molecule has 1 amide bonds. The van der Waals surface area contributed by atoms with Crippen molar-refractivity contribution in [2.24, 2.45) is 7.05 Å². The van der Waals surface area contributed by atoms with Gasteiger partial charge in [0.2, 0.25) is 5.91 Å². The summed E-state index contributed by atoms with van der Waals surface area (Å²) in [7, 11) is 1.95. The molecule has 2 aromatic heterocycles. The first-order chi connectivity index (χ1) is 10.2. The van der Waals surface area contributed by atoms with Gasteiger partial charge in [-0.2, -0.15) is 5.10 Å². The molecule has 0 aromatic carbocycles. The van der Waals surface area contributed by atoms with Gasteiger partial charge in [0.15, 0.2) is 0 Å². The van der Waals surface area contributed by atoms with Crippen molar-refractivity contribution < 1.29 is 4.79 Å². The second-order valence-corrected chi connectivity index (χ2v) is 5.18. The number of carbonyl (C=O) groups excluding carboxylic acids is 1. The van der Waals surface area contributed by atoms with Crippen molar-refractivity contribution in [1.29, 1.82) is 0 Å². The van der Waals surface area contributed by atoms with Crippen LogP contribution in [0.2, 0.25) is 0 Å². The molecule has 0 saturated carbocycles. The summed E-state index contributed by atoms with van der Waals surface area (Å²) in [6, 6.07) is 1.88. The predicted molar refractivity (Wildman–Crippen MR) is 80.5 cm³/mol. The molecule has 6 heteroatoms. The van der Waals surface area contributed by atoms with Gasteiger partial charge in [-0.1, -0.05) is 13.3 Å². The van der Waals surface area contributed by atoms with Crippen molar-refractivity contribution in [2.75, 3.05) is 0 Å². The lowest BCUT2D eigenvalue weighted by Crippen LogP contribution is -2.30. The number of hydrogen-bond acceptors (Lipinski definition) is 3. The Morgan fingerprint density at radius 2 is 2.24 bits per heavy atom. The van der Waals surface area contributed by atoms with Crippen LogP contribution < -0.4 is 5.32 Å². The molecule has 2 aromatic rings. The maximum atomic E-state index is 12.1. The van der Waals surface area contributed by atoms with Crippen molar-refractivity contribution in [3.05, 3.63) is 36.7 Å². The Bertz CT molecular complexity index is 546. The molecule has 2 heterocycles. The SMILES string of the molecule is CCC[C@@H](NC(=O)CCCn1cccn1)c1nccn1C. The van der Waals surface area contributed by atoms with Crippen molar-refractivity contribution in [3.63, 3.8) is 0 Å². The van der Waals surface area contributed by atoms with Gasteiger partial charge in [-0.25, -0.2) is 4.98 Å². The van der Waals surface area contributed by atoms with E-state index >= 15 is 0 Å². The number of rotatable bonds is 8. The van der Waals surface area contributed by atoms with Crippen LogP contribution in [0.1, 0.15) is 44.5 Å². The molecule has 21 heavy (non-hydrogen) atoms. The van der Waals surface area contributed by atoms with E-state index in [0.29, 0.717) is 6.42 Å². The quantitative estimate of drug-likeness (QED) is 0.809. The highest BCUT2D eigenvalue weighted by Gasteiger charge is 2.17. The van der Waals surface area contributed by atoms with Crippen LogP contribution in [0.3, 0.4) is 0 Å². The Morgan fingerprint density at radius 3 is 2.86 bits per heavy atom. The summed E-state index contributed by atoms with van der Waals surface area (Å²) >= 11 is 0. The molecule has 0 radical (unpaired) electrons. The van der Waals surface area contributed by atoms with Gasteiger partial charge < -0.3 is 9.88 Å². The standard InChI is InChI=1S/C15H23N5O/c1-3-6-13(15-16-9-12-19(15)2)18-14(21)7-4-10-20-11-5-8-17-20/h5,8-9,11-13H,3-4,6-7,10H2,1-2H3,(H,18,21)/t13-/m1/s1. The third-order valence-corrected chi connectivity index (χ3v) is 3.43. The molecule has 0 aliphatic carbocycles. The molecular formula is C15H23N5O. The van der Waals surface area contributed by atoms with Crippen LogP contribution in [0.5, 0.6) is 0 Å². The van der Waals surface area contributed by atoms with Gasteiger partial charge in [0.05, 0.1) is 6.04 Å². The summed E-state index contributed by atoms with van der Waals surface area (Å²) in [5.41, 5.74) is 0. The maximum absolute atomic E-state index is 12.1. The topological polar surface area (TPSA) is 64.7 Å². The molecule has 2 rings (SSSR count). The second kappa shape index (κ2) is 7.61. The van der Waals surface area contributed by atoms with Crippen LogP contribution in [-0.4, -0.2) is 25.2 Å². The largest absolute Gasteiger partial charge is 0.346 e. The van der Waals surface area contributed by atoms with Crippen LogP contribution in [0, 0.1) is 0 Å². The van der Waals surface area contributed by atoms with Gasteiger partial charge >= 0.3 is 0 Å². The lowest BCUT2D eigenvalue weighted by Gasteiger charge is -2.18. The molecular weight excluding hydrogens is 266 g/mol. The minimum atomic E-state index is -0.00722. The highest BCUT2D eigenvalue weighted by atomic mass is 16.1. The van der Waals surface area contributed by atoms with Gasteiger partial charge in [-0.15, -0.1) is 0 Å². The molecule has 1 atom stereocenters. The second-order valence-electron chi connectivity index (χ2n) is 5.18. The van der Waals surface area contributed by atoms with Gasteiger partial charge in [0.25, 0.3) is 0 Å². The van der Waals surface area contributed by atoms with E-state index in [-0.39, 0.29) is 11.9 Å².